The lowest BCUT2D eigenvalue weighted by Gasteiger charge is -2.21. The molecule has 2 aromatic carbocycles. The third-order valence-corrected chi connectivity index (χ3v) is 5.63. The van der Waals surface area contributed by atoms with Gasteiger partial charge in [-0.25, -0.2) is 9.78 Å². The van der Waals surface area contributed by atoms with Crippen LogP contribution in [0.15, 0.2) is 59.3 Å². The summed E-state index contributed by atoms with van der Waals surface area (Å²) in [6.45, 7) is 1.67. The molecule has 0 spiro atoms. The number of aromatic amines is 1. The van der Waals surface area contributed by atoms with Crippen LogP contribution in [-0.2, 0) is 19.5 Å². The second-order valence-corrected chi connectivity index (χ2v) is 7.81. The molecule has 0 atom stereocenters. The molecule has 0 amide bonds. The average molecular weight is 444 g/mol. The van der Waals surface area contributed by atoms with Gasteiger partial charge in [-0.2, -0.15) is 0 Å². The van der Waals surface area contributed by atoms with Crippen LogP contribution in [0.5, 0.6) is 0 Å². The van der Waals surface area contributed by atoms with Gasteiger partial charge in [0.2, 0.25) is 5.89 Å². The van der Waals surface area contributed by atoms with Gasteiger partial charge in [-0.05, 0) is 35.7 Å². The topological polar surface area (TPSA) is 82.4 Å². The number of oxazole rings is 1. The Bertz CT molecular complexity index is 1190. The Morgan fingerprint density at radius 1 is 1.13 bits per heavy atom. The highest BCUT2D eigenvalue weighted by Gasteiger charge is 2.16. The van der Waals surface area contributed by atoms with E-state index in [4.69, 9.17) is 32.7 Å². The number of nitrogens with one attached hydrogen (secondary N) is 1. The van der Waals surface area contributed by atoms with Gasteiger partial charge in [-0.15, -0.1) is 0 Å². The number of hydrogen-bond acceptors (Lipinski definition) is 4. The monoisotopic (exact) mass is 443 g/mol. The van der Waals surface area contributed by atoms with Crippen LogP contribution in [0.3, 0.4) is 0 Å². The van der Waals surface area contributed by atoms with Crippen LogP contribution in [0.25, 0.3) is 10.9 Å². The largest absolute Gasteiger partial charge is 0.476 e. The standard InChI is InChI=1S/C22H19Cl2N3O3/c23-17-6-5-14(9-18(17)24)11-27(12-21-26-20(13-30-21)22(28)29)8-7-15-10-25-19-4-2-1-3-16(15)19/h1-6,9-10,13,25H,7-8,11-12H2,(H,28,29). The van der Waals surface area contributed by atoms with Gasteiger partial charge in [-0.3, -0.25) is 4.90 Å². The molecule has 2 aromatic heterocycles. The zero-order valence-corrected chi connectivity index (χ0v) is 17.5. The van der Waals surface area contributed by atoms with E-state index < -0.39 is 5.97 Å². The Balaban J connectivity index is 1.53. The molecule has 2 heterocycles. The number of hydrogen-bond donors (Lipinski definition) is 2. The van der Waals surface area contributed by atoms with Gasteiger partial charge in [-0.1, -0.05) is 47.5 Å². The molecule has 0 fully saturated rings. The lowest BCUT2D eigenvalue weighted by atomic mass is 10.1. The Labute approximate surface area is 183 Å². The van der Waals surface area contributed by atoms with E-state index in [0.29, 0.717) is 35.6 Å². The quantitative estimate of drug-likeness (QED) is 0.380. The van der Waals surface area contributed by atoms with Crippen LogP contribution in [-0.4, -0.2) is 32.5 Å². The molecule has 0 saturated carbocycles. The van der Waals surface area contributed by atoms with Gasteiger partial charge in [0, 0.05) is 30.2 Å². The van der Waals surface area contributed by atoms with Crippen molar-refractivity contribution >= 4 is 40.1 Å². The Hall–Kier alpha value is -2.80. The number of carboxylic acids is 1. The van der Waals surface area contributed by atoms with E-state index in [0.717, 1.165) is 23.8 Å². The third kappa shape index (κ3) is 4.67. The smallest absolute Gasteiger partial charge is 0.357 e. The summed E-state index contributed by atoms with van der Waals surface area (Å²) < 4.78 is 5.36. The molecule has 30 heavy (non-hydrogen) atoms. The van der Waals surface area contributed by atoms with Gasteiger partial charge >= 0.3 is 5.97 Å². The van der Waals surface area contributed by atoms with Gasteiger partial charge in [0.15, 0.2) is 5.69 Å². The van der Waals surface area contributed by atoms with Gasteiger partial charge in [0.25, 0.3) is 0 Å². The van der Waals surface area contributed by atoms with Crippen LogP contribution in [0.2, 0.25) is 10.0 Å². The molecule has 8 heteroatoms. The predicted octanol–water partition coefficient (Wildman–Crippen LogP) is 5.41. The molecule has 0 unspecified atom stereocenters. The Kier molecular flexibility index (Phi) is 6.08. The van der Waals surface area contributed by atoms with Crippen molar-refractivity contribution in [2.24, 2.45) is 0 Å². The van der Waals surface area contributed by atoms with Crippen molar-refractivity contribution in [3.05, 3.63) is 87.7 Å². The number of rotatable bonds is 8. The van der Waals surface area contributed by atoms with Crippen molar-refractivity contribution in [2.45, 2.75) is 19.5 Å². The van der Waals surface area contributed by atoms with E-state index in [9.17, 15) is 4.79 Å². The fraction of sp³-hybridized carbons (Fsp3) is 0.182. The number of para-hydroxylation sites is 1. The highest BCUT2D eigenvalue weighted by atomic mass is 35.5. The zero-order chi connectivity index (χ0) is 21.1. The lowest BCUT2D eigenvalue weighted by Crippen LogP contribution is -2.25. The maximum atomic E-state index is 11.1. The summed E-state index contributed by atoms with van der Waals surface area (Å²) >= 11 is 12.2. The van der Waals surface area contributed by atoms with Crippen molar-refractivity contribution in [3.8, 4) is 0 Å². The fourth-order valence-electron chi connectivity index (χ4n) is 3.40. The number of aromatic carboxylic acids is 1. The summed E-state index contributed by atoms with van der Waals surface area (Å²) in [6, 6.07) is 13.7. The summed E-state index contributed by atoms with van der Waals surface area (Å²) in [4.78, 5) is 20.6. The summed E-state index contributed by atoms with van der Waals surface area (Å²) in [5.41, 5.74) is 3.20. The van der Waals surface area contributed by atoms with Crippen LogP contribution >= 0.6 is 23.2 Å². The molecule has 0 aliphatic rings. The highest BCUT2D eigenvalue weighted by Crippen LogP contribution is 2.24. The van der Waals surface area contributed by atoms with Crippen molar-refractivity contribution in [2.75, 3.05) is 6.54 Å². The number of carboxylic acid groups (broad SMARTS) is 1. The fourth-order valence-corrected chi connectivity index (χ4v) is 3.72. The van der Waals surface area contributed by atoms with Crippen LogP contribution in [0, 0.1) is 0 Å². The first-order valence-electron chi connectivity index (χ1n) is 9.38. The average Bonchev–Trinajstić information content (AvgIpc) is 3.36. The molecule has 0 aliphatic heterocycles. The molecule has 4 aromatic rings. The summed E-state index contributed by atoms with van der Waals surface area (Å²) in [6.07, 6.45) is 3.99. The van der Waals surface area contributed by atoms with Crippen molar-refractivity contribution in [3.63, 3.8) is 0 Å². The van der Waals surface area contributed by atoms with Crippen LogP contribution < -0.4 is 0 Å². The Morgan fingerprint density at radius 3 is 2.73 bits per heavy atom. The van der Waals surface area contributed by atoms with E-state index in [1.807, 2.05) is 36.5 Å². The molecule has 0 saturated heterocycles. The third-order valence-electron chi connectivity index (χ3n) is 4.89. The van der Waals surface area contributed by atoms with Gasteiger partial charge in [0.05, 0.1) is 16.6 Å². The second kappa shape index (κ2) is 8.92. The first kappa shape index (κ1) is 20.5. The normalized spacial score (nSPS) is 11.4. The summed E-state index contributed by atoms with van der Waals surface area (Å²) in [7, 11) is 0. The SMILES string of the molecule is O=C(O)c1coc(CN(CCc2c[nH]c3ccccc23)Cc2ccc(Cl)c(Cl)c2)n1. The maximum Gasteiger partial charge on any atom is 0.357 e. The second-order valence-electron chi connectivity index (χ2n) is 7.00. The number of H-pyrrole nitrogens is 1. The number of benzene rings is 2. The van der Waals surface area contributed by atoms with Crippen LogP contribution in [0.1, 0.15) is 27.5 Å². The molecular formula is C22H19Cl2N3O3. The number of halogens is 2. The summed E-state index contributed by atoms with van der Waals surface area (Å²) in [5.74, 6) is -0.758. The molecule has 0 radical (unpaired) electrons. The van der Waals surface area contributed by atoms with Crippen LogP contribution in [0.4, 0.5) is 0 Å². The van der Waals surface area contributed by atoms with E-state index in [1.165, 1.54) is 10.9 Å². The van der Waals surface area contributed by atoms with E-state index >= 15 is 0 Å². The molecule has 154 valence electrons. The van der Waals surface area contributed by atoms with Crippen molar-refractivity contribution < 1.29 is 14.3 Å². The van der Waals surface area contributed by atoms with Gasteiger partial charge < -0.3 is 14.5 Å². The highest BCUT2D eigenvalue weighted by molar-refractivity contribution is 6.42. The zero-order valence-electron chi connectivity index (χ0n) is 15.9. The molecule has 6 nitrogen and oxygen atoms in total. The maximum absolute atomic E-state index is 11.1. The number of nitrogens with zero attached hydrogens (tertiary/aromatic N) is 2. The molecular weight excluding hydrogens is 425 g/mol. The molecule has 4 rings (SSSR count). The van der Waals surface area contributed by atoms with Crippen molar-refractivity contribution in [1.82, 2.24) is 14.9 Å². The molecule has 0 aliphatic carbocycles. The minimum Gasteiger partial charge on any atom is -0.476 e. The first-order chi connectivity index (χ1) is 14.5. The Morgan fingerprint density at radius 2 is 1.97 bits per heavy atom. The first-order valence-corrected chi connectivity index (χ1v) is 10.1. The predicted molar refractivity (Wildman–Crippen MR) is 116 cm³/mol. The summed E-state index contributed by atoms with van der Waals surface area (Å²) in [5, 5.41) is 11.3. The minimum absolute atomic E-state index is 0.101. The van der Waals surface area contributed by atoms with E-state index in [-0.39, 0.29) is 5.69 Å². The lowest BCUT2D eigenvalue weighted by molar-refractivity contribution is 0.0690. The van der Waals surface area contributed by atoms with E-state index in [2.05, 4.69) is 20.9 Å². The van der Waals surface area contributed by atoms with Gasteiger partial charge in [0.1, 0.15) is 6.26 Å². The van der Waals surface area contributed by atoms with E-state index in [1.54, 1.807) is 6.07 Å². The molecule has 2 N–H and O–H groups in total. The van der Waals surface area contributed by atoms with Crippen molar-refractivity contribution in [1.29, 1.82) is 0 Å². The number of aromatic nitrogens is 2. The minimum atomic E-state index is -1.11. The number of carbonyl (C=O) groups is 1. The molecule has 0 bridgehead atoms. The number of fused-ring (bicyclic) bond motifs is 1.